The van der Waals surface area contributed by atoms with Crippen LogP contribution in [0.1, 0.15) is 35.7 Å². The van der Waals surface area contributed by atoms with Crippen molar-refractivity contribution in [1.82, 2.24) is 5.32 Å². The fourth-order valence-electron chi connectivity index (χ4n) is 2.75. The Morgan fingerprint density at radius 2 is 2.30 bits per heavy atom. The third kappa shape index (κ3) is 2.67. The van der Waals surface area contributed by atoms with Gasteiger partial charge in [-0.1, -0.05) is 6.07 Å². The molecule has 106 valence electrons. The molecule has 1 fully saturated rings. The van der Waals surface area contributed by atoms with Gasteiger partial charge in [-0.05, 0) is 37.5 Å². The van der Waals surface area contributed by atoms with Crippen LogP contribution >= 0.6 is 0 Å². The van der Waals surface area contributed by atoms with Crippen LogP contribution in [0.3, 0.4) is 0 Å². The zero-order valence-corrected chi connectivity index (χ0v) is 11.4. The van der Waals surface area contributed by atoms with Gasteiger partial charge in [0, 0.05) is 23.9 Å². The lowest BCUT2D eigenvalue weighted by atomic mass is 10.0. The number of benzene rings is 1. The van der Waals surface area contributed by atoms with E-state index in [-0.39, 0.29) is 24.0 Å². The third-order valence-corrected chi connectivity index (χ3v) is 3.82. The van der Waals surface area contributed by atoms with Crippen LogP contribution in [0.5, 0.6) is 0 Å². The lowest BCUT2D eigenvalue weighted by Crippen LogP contribution is -2.41. The van der Waals surface area contributed by atoms with Gasteiger partial charge in [-0.25, -0.2) is 0 Å². The van der Waals surface area contributed by atoms with Crippen LogP contribution in [-0.4, -0.2) is 30.6 Å². The van der Waals surface area contributed by atoms with Crippen molar-refractivity contribution < 1.29 is 14.3 Å². The topological polar surface area (TPSA) is 67.4 Å². The van der Waals surface area contributed by atoms with Crippen molar-refractivity contribution in [3.05, 3.63) is 29.3 Å². The summed E-state index contributed by atoms with van der Waals surface area (Å²) in [6, 6.07) is 5.53. The van der Waals surface area contributed by atoms with Gasteiger partial charge >= 0.3 is 0 Å². The average molecular weight is 274 g/mol. The summed E-state index contributed by atoms with van der Waals surface area (Å²) >= 11 is 0. The summed E-state index contributed by atoms with van der Waals surface area (Å²) in [6.07, 6.45) is 2.27. The number of rotatable bonds is 2. The molecule has 5 nitrogen and oxygen atoms in total. The van der Waals surface area contributed by atoms with E-state index in [4.69, 9.17) is 4.74 Å². The number of amides is 2. The van der Waals surface area contributed by atoms with Crippen molar-refractivity contribution >= 4 is 17.5 Å². The number of carbonyl (C=O) groups is 2. The van der Waals surface area contributed by atoms with E-state index in [1.165, 1.54) is 0 Å². The zero-order valence-electron chi connectivity index (χ0n) is 11.4. The van der Waals surface area contributed by atoms with Crippen LogP contribution in [0.4, 0.5) is 5.69 Å². The number of hydrogen-bond acceptors (Lipinski definition) is 3. The molecule has 0 bridgehead atoms. The highest BCUT2D eigenvalue weighted by Gasteiger charge is 2.23. The third-order valence-electron chi connectivity index (χ3n) is 3.82. The fourth-order valence-corrected chi connectivity index (χ4v) is 2.75. The van der Waals surface area contributed by atoms with E-state index in [1.54, 1.807) is 12.1 Å². The zero-order chi connectivity index (χ0) is 14.1. The van der Waals surface area contributed by atoms with Gasteiger partial charge in [0.05, 0.1) is 12.5 Å². The molecule has 1 aromatic carbocycles. The SMILES string of the molecule is CC1CC(NC(=O)c2ccc3c(c2)NC(=O)C3)CCO1. The molecule has 2 unspecified atom stereocenters. The molecule has 2 atom stereocenters. The highest BCUT2D eigenvalue weighted by molar-refractivity contribution is 6.02. The Morgan fingerprint density at radius 1 is 1.45 bits per heavy atom. The van der Waals surface area contributed by atoms with Crippen molar-refractivity contribution in [3.63, 3.8) is 0 Å². The molecule has 1 saturated heterocycles. The fraction of sp³-hybridized carbons (Fsp3) is 0.467. The first-order chi connectivity index (χ1) is 9.61. The van der Waals surface area contributed by atoms with Gasteiger partial charge in [0.2, 0.25) is 5.91 Å². The molecule has 0 radical (unpaired) electrons. The Balaban J connectivity index is 1.68. The van der Waals surface area contributed by atoms with Crippen LogP contribution in [0.25, 0.3) is 0 Å². The molecule has 2 N–H and O–H groups in total. The molecule has 1 aromatic rings. The second kappa shape index (κ2) is 5.25. The molecular formula is C15H18N2O3. The monoisotopic (exact) mass is 274 g/mol. The van der Waals surface area contributed by atoms with E-state index in [0.29, 0.717) is 18.6 Å². The molecular weight excluding hydrogens is 256 g/mol. The Bertz CT molecular complexity index is 556. The molecule has 5 heteroatoms. The van der Waals surface area contributed by atoms with Crippen LogP contribution in [0.15, 0.2) is 18.2 Å². The summed E-state index contributed by atoms with van der Waals surface area (Å²) in [7, 11) is 0. The molecule has 2 amide bonds. The van der Waals surface area contributed by atoms with E-state index in [1.807, 2.05) is 13.0 Å². The molecule has 3 rings (SSSR count). The smallest absolute Gasteiger partial charge is 0.251 e. The quantitative estimate of drug-likeness (QED) is 0.858. The van der Waals surface area contributed by atoms with Crippen LogP contribution < -0.4 is 10.6 Å². The van der Waals surface area contributed by atoms with Gasteiger partial charge in [-0.2, -0.15) is 0 Å². The molecule has 0 spiro atoms. The summed E-state index contributed by atoms with van der Waals surface area (Å²) < 4.78 is 5.47. The summed E-state index contributed by atoms with van der Waals surface area (Å²) in [6.45, 7) is 2.70. The van der Waals surface area contributed by atoms with Gasteiger partial charge in [-0.3, -0.25) is 9.59 Å². The summed E-state index contributed by atoms with van der Waals surface area (Å²) in [5.74, 6) is -0.108. The molecule has 20 heavy (non-hydrogen) atoms. The first kappa shape index (κ1) is 13.1. The predicted octanol–water partition coefficient (Wildman–Crippen LogP) is 1.48. The van der Waals surface area contributed by atoms with Crippen molar-refractivity contribution in [1.29, 1.82) is 0 Å². The highest BCUT2D eigenvalue weighted by Crippen LogP contribution is 2.24. The number of anilines is 1. The maximum absolute atomic E-state index is 12.2. The Hall–Kier alpha value is -1.88. The van der Waals surface area contributed by atoms with E-state index in [2.05, 4.69) is 10.6 Å². The molecule has 0 aromatic heterocycles. The summed E-state index contributed by atoms with van der Waals surface area (Å²) in [5, 5.41) is 5.80. The molecule has 0 saturated carbocycles. The minimum absolute atomic E-state index is 0.0178. The Kier molecular flexibility index (Phi) is 3.44. The maximum Gasteiger partial charge on any atom is 0.251 e. The Morgan fingerprint density at radius 3 is 3.10 bits per heavy atom. The normalized spacial score (nSPS) is 24.9. The number of carbonyl (C=O) groups excluding carboxylic acids is 2. The van der Waals surface area contributed by atoms with E-state index >= 15 is 0 Å². The first-order valence-electron chi connectivity index (χ1n) is 6.97. The largest absolute Gasteiger partial charge is 0.378 e. The number of ether oxygens (including phenoxy) is 1. The second-order valence-electron chi connectivity index (χ2n) is 5.47. The Labute approximate surface area is 117 Å². The van der Waals surface area contributed by atoms with Gasteiger partial charge in [0.1, 0.15) is 0 Å². The van der Waals surface area contributed by atoms with Gasteiger partial charge < -0.3 is 15.4 Å². The average Bonchev–Trinajstić information content (AvgIpc) is 2.77. The number of fused-ring (bicyclic) bond motifs is 1. The number of hydrogen-bond donors (Lipinski definition) is 2. The lowest BCUT2D eigenvalue weighted by Gasteiger charge is -2.28. The molecule has 2 aliphatic rings. The highest BCUT2D eigenvalue weighted by atomic mass is 16.5. The van der Waals surface area contributed by atoms with Crippen molar-refractivity contribution in [2.75, 3.05) is 11.9 Å². The molecule has 0 aliphatic carbocycles. The lowest BCUT2D eigenvalue weighted by molar-refractivity contribution is -0.115. The van der Waals surface area contributed by atoms with Crippen molar-refractivity contribution in [2.24, 2.45) is 0 Å². The van der Waals surface area contributed by atoms with E-state index < -0.39 is 0 Å². The minimum atomic E-state index is -0.0898. The second-order valence-corrected chi connectivity index (χ2v) is 5.47. The standard InChI is InChI=1S/C15H18N2O3/c1-9-6-12(4-5-20-9)16-15(19)11-3-2-10-8-14(18)17-13(10)7-11/h2-3,7,9,12H,4-6,8H2,1H3,(H,16,19)(H,17,18). The van der Waals surface area contributed by atoms with E-state index in [0.717, 1.165) is 24.1 Å². The van der Waals surface area contributed by atoms with E-state index in [9.17, 15) is 9.59 Å². The van der Waals surface area contributed by atoms with Crippen LogP contribution in [-0.2, 0) is 16.0 Å². The summed E-state index contributed by atoms with van der Waals surface area (Å²) in [4.78, 5) is 23.5. The molecule has 2 aliphatic heterocycles. The van der Waals surface area contributed by atoms with Crippen LogP contribution in [0, 0.1) is 0 Å². The van der Waals surface area contributed by atoms with Crippen molar-refractivity contribution in [3.8, 4) is 0 Å². The summed E-state index contributed by atoms with van der Waals surface area (Å²) in [5.41, 5.74) is 2.29. The van der Waals surface area contributed by atoms with Crippen molar-refractivity contribution in [2.45, 2.75) is 38.3 Å². The van der Waals surface area contributed by atoms with Gasteiger partial charge in [-0.15, -0.1) is 0 Å². The van der Waals surface area contributed by atoms with Gasteiger partial charge in [0.25, 0.3) is 5.91 Å². The van der Waals surface area contributed by atoms with Crippen LogP contribution in [0.2, 0.25) is 0 Å². The number of nitrogens with one attached hydrogen (secondary N) is 2. The van der Waals surface area contributed by atoms with Gasteiger partial charge in [0.15, 0.2) is 0 Å². The first-order valence-corrected chi connectivity index (χ1v) is 6.97. The molecule has 2 heterocycles. The minimum Gasteiger partial charge on any atom is -0.378 e. The predicted molar refractivity (Wildman–Crippen MR) is 74.7 cm³/mol. The maximum atomic E-state index is 12.2.